The molecule has 0 saturated heterocycles. The number of methoxy groups -OCH3 is 1. The fourth-order valence-corrected chi connectivity index (χ4v) is 1.91. The number of rotatable bonds is 2. The Morgan fingerprint density at radius 1 is 1.47 bits per heavy atom. The van der Waals surface area contributed by atoms with Gasteiger partial charge in [0.1, 0.15) is 5.82 Å². The highest BCUT2D eigenvalue weighted by atomic mass is 127. The van der Waals surface area contributed by atoms with E-state index in [9.17, 15) is 4.79 Å². The fourth-order valence-electron chi connectivity index (χ4n) is 1.05. The number of nitrogens with two attached hydrogens (primary N) is 1. The summed E-state index contributed by atoms with van der Waals surface area (Å²) in [7, 11) is 1.29. The average Bonchev–Trinajstić information content (AvgIpc) is 2.20. The molecule has 0 aliphatic carbocycles. The fraction of sp³-hybridized carbons (Fsp3) is 0.444. The SMILES string of the molecule is COC(=O)c1nc(N)c(I)c(C(C)C)n1. The lowest BCUT2D eigenvalue weighted by atomic mass is 10.1. The lowest BCUT2D eigenvalue weighted by Gasteiger charge is -2.10. The molecule has 0 aliphatic rings. The number of esters is 1. The summed E-state index contributed by atoms with van der Waals surface area (Å²) < 4.78 is 5.33. The normalized spacial score (nSPS) is 10.5. The molecule has 2 N–H and O–H groups in total. The Morgan fingerprint density at radius 2 is 2.07 bits per heavy atom. The van der Waals surface area contributed by atoms with Gasteiger partial charge in [0.2, 0.25) is 5.82 Å². The van der Waals surface area contributed by atoms with Gasteiger partial charge in [-0.25, -0.2) is 14.8 Å². The number of carbonyl (C=O) groups excluding carboxylic acids is 1. The minimum atomic E-state index is -0.569. The molecule has 0 fully saturated rings. The van der Waals surface area contributed by atoms with Crippen LogP contribution in [0.15, 0.2) is 0 Å². The smallest absolute Gasteiger partial charge is 0.376 e. The summed E-state index contributed by atoms with van der Waals surface area (Å²) in [4.78, 5) is 19.2. The van der Waals surface area contributed by atoms with Gasteiger partial charge in [-0.05, 0) is 28.5 Å². The summed E-state index contributed by atoms with van der Waals surface area (Å²) in [5, 5.41) is 0. The Labute approximate surface area is 102 Å². The monoisotopic (exact) mass is 321 g/mol. The van der Waals surface area contributed by atoms with E-state index in [1.807, 2.05) is 13.8 Å². The van der Waals surface area contributed by atoms with Crippen LogP contribution in [0.25, 0.3) is 0 Å². The molecule has 1 aromatic heterocycles. The van der Waals surface area contributed by atoms with Crippen molar-refractivity contribution in [2.24, 2.45) is 0 Å². The van der Waals surface area contributed by atoms with Crippen LogP contribution in [0.5, 0.6) is 0 Å². The number of ether oxygens (including phenoxy) is 1. The molecular formula is C9H12IN3O2. The molecular weight excluding hydrogens is 309 g/mol. The van der Waals surface area contributed by atoms with Crippen molar-refractivity contribution in [3.05, 3.63) is 15.1 Å². The Bertz CT molecular complexity index is 393. The largest absolute Gasteiger partial charge is 0.463 e. The molecule has 15 heavy (non-hydrogen) atoms. The molecule has 1 heterocycles. The van der Waals surface area contributed by atoms with Gasteiger partial charge >= 0.3 is 5.97 Å². The second-order valence-corrected chi connectivity index (χ2v) is 4.36. The molecule has 0 bridgehead atoms. The van der Waals surface area contributed by atoms with Crippen LogP contribution < -0.4 is 5.73 Å². The Morgan fingerprint density at radius 3 is 2.53 bits per heavy atom. The Balaban J connectivity index is 3.29. The highest BCUT2D eigenvalue weighted by Crippen LogP contribution is 2.23. The molecule has 0 aromatic carbocycles. The maximum atomic E-state index is 11.2. The van der Waals surface area contributed by atoms with E-state index in [4.69, 9.17) is 5.73 Å². The van der Waals surface area contributed by atoms with E-state index in [2.05, 4.69) is 37.3 Å². The van der Waals surface area contributed by atoms with Gasteiger partial charge in [-0.2, -0.15) is 0 Å². The quantitative estimate of drug-likeness (QED) is 0.661. The zero-order chi connectivity index (χ0) is 11.6. The molecule has 5 nitrogen and oxygen atoms in total. The molecule has 0 spiro atoms. The van der Waals surface area contributed by atoms with Crippen molar-refractivity contribution >= 4 is 34.4 Å². The van der Waals surface area contributed by atoms with Gasteiger partial charge in [0.25, 0.3) is 0 Å². The Hall–Kier alpha value is -0.920. The van der Waals surface area contributed by atoms with E-state index < -0.39 is 5.97 Å². The van der Waals surface area contributed by atoms with Gasteiger partial charge in [0.05, 0.1) is 16.4 Å². The number of nitrogen functional groups attached to an aromatic ring is 1. The van der Waals surface area contributed by atoms with E-state index >= 15 is 0 Å². The first-order valence-corrected chi connectivity index (χ1v) is 5.46. The number of anilines is 1. The van der Waals surface area contributed by atoms with Crippen molar-refractivity contribution in [1.29, 1.82) is 0 Å². The number of hydrogen-bond acceptors (Lipinski definition) is 5. The van der Waals surface area contributed by atoms with Crippen molar-refractivity contribution in [3.8, 4) is 0 Å². The van der Waals surface area contributed by atoms with Crippen LogP contribution >= 0.6 is 22.6 Å². The highest BCUT2D eigenvalue weighted by Gasteiger charge is 2.17. The summed E-state index contributed by atoms with van der Waals surface area (Å²) in [5.74, 6) is -0.0561. The zero-order valence-electron chi connectivity index (χ0n) is 8.74. The molecule has 0 atom stereocenters. The summed E-state index contributed by atoms with van der Waals surface area (Å²) in [6.07, 6.45) is 0. The van der Waals surface area contributed by atoms with Gasteiger partial charge in [-0.1, -0.05) is 13.8 Å². The molecule has 0 amide bonds. The third kappa shape index (κ3) is 2.55. The van der Waals surface area contributed by atoms with E-state index in [1.165, 1.54) is 7.11 Å². The number of hydrogen-bond donors (Lipinski definition) is 1. The molecule has 82 valence electrons. The molecule has 0 aliphatic heterocycles. The molecule has 6 heteroatoms. The van der Waals surface area contributed by atoms with Crippen LogP contribution in [-0.4, -0.2) is 23.0 Å². The zero-order valence-corrected chi connectivity index (χ0v) is 10.9. The van der Waals surface area contributed by atoms with Crippen LogP contribution in [0.2, 0.25) is 0 Å². The average molecular weight is 321 g/mol. The van der Waals surface area contributed by atoms with Crippen LogP contribution in [0.1, 0.15) is 36.1 Å². The van der Waals surface area contributed by atoms with Crippen LogP contribution in [0.3, 0.4) is 0 Å². The minimum Gasteiger partial charge on any atom is -0.463 e. The molecule has 0 radical (unpaired) electrons. The van der Waals surface area contributed by atoms with E-state index in [0.717, 1.165) is 9.26 Å². The van der Waals surface area contributed by atoms with E-state index in [-0.39, 0.29) is 11.7 Å². The third-order valence-corrected chi connectivity index (χ3v) is 2.92. The van der Waals surface area contributed by atoms with Crippen molar-refractivity contribution in [2.45, 2.75) is 19.8 Å². The summed E-state index contributed by atoms with van der Waals surface area (Å²) in [6, 6.07) is 0. The topological polar surface area (TPSA) is 78.1 Å². The minimum absolute atomic E-state index is 0.0131. The van der Waals surface area contributed by atoms with Crippen molar-refractivity contribution < 1.29 is 9.53 Å². The molecule has 1 rings (SSSR count). The number of halogens is 1. The first kappa shape index (κ1) is 12.2. The summed E-state index contributed by atoms with van der Waals surface area (Å²) >= 11 is 2.07. The van der Waals surface area contributed by atoms with Crippen LogP contribution in [0, 0.1) is 3.57 Å². The predicted octanol–water partition coefficient (Wildman–Crippen LogP) is 1.57. The maximum absolute atomic E-state index is 11.2. The number of carbonyl (C=O) groups is 1. The third-order valence-electron chi connectivity index (χ3n) is 1.82. The van der Waals surface area contributed by atoms with Crippen molar-refractivity contribution in [3.63, 3.8) is 0 Å². The van der Waals surface area contributed by atoms with Gasteiger partial charge < -0.3 is 10.5 Å². The van der Waals surface area contributed by atoms with Gasteiger partial charge in [-0.15, -0.1) is 0 Å². The second kappa shape index (κ2) is 4.73. The first-order chi connectivity index (χ1) is 6.97. The molecule has 0 unspecified atom stereocenters. The summed E-state index contributed by atoms with van der Waals surface area (Å²) in [5.41, 5.74) is 6.45. The second-order valence-electron chi connectivity index (χ2n) is 3.28. The van der Waals surface area contributed by atoms with Crippen molar-refractivity contribution in [2.75, 3.05) is 12.8 Å². The standard InChI is InChI=1S/C9H12IN3O2/c1-4(2)6-5(10)7(11)13-8(12-6)9(14)15-3/h4H,1-3H3,(H2,11,12,13). The van der Waals surface area contributed by atoms with Crippen molar-refractivity contribution in [1.82, 2.24) is 9.97 Å². The molecule has 1 aromatic rings. The predicted molar refractivity (Wildman–Crippen MR) is 64.6 cm³/mol. The lowest BCUT2D eigenvalue weighted by molar-refractivity contribution is 0.0586. The number of aromatic nitrogens is 2. The first-order valence-electron chi connectivity index (χ1n) is 4.38. The van der Waals surface area contributed by atoms with Gasteiger partial charge in [0, 0.05) is 0 Å². The van der Waals surface area contributed by atoms with Gasteiger partial charge in [0.15, 0.2) is 0 Å². The Kier molecular flexibility index (Phi) is 3.83. The van der Waals surface area contributed by atoms with Crippen LogP contribution in [-0.2, 0) is 4.74 Å². The highest BCUT2D eigenvalue weighted by molar-refractivity contribution is 14.1. The van der Waals surface area contributed by atoms with Crippen LogP contribution in [0.4, 0.5) is 5.82 Å². The lowest BCUT2D eigenvalue weighted by Crippen LogP contribution is -2.14. The summed E-state index contributed by atoms with van der Waals surface area (Å²) in [6.45, 7) is 3.95. The van der Waals surface area contributed by atoms with E-state index in [1.54, 1.807) is 0 Å². The number of nitrogens with zero attached hydrogens (tertiary/aromatic N) is 2. The maximum Gasteiger partial charge on any atom is 0.376 e. The molecule has 0 saturated carbocycles. The van der Waals surface area contributed by atoms with E-state index in [0.29, 0.717) is 5.82 Å². The van der Waals surface area contributed by atoms with Gasteiger partial charge in [-0.3, -0.25) is 0 Å².